The van der Waals surface area contributed by atoms with Crippen LogP contribution in [0.4, 0.5) is 5.69 Å². The summed E-state index contributed by atoms with van der Waals surface area (Å²) in [5.41, 5.74) is 2.76. The fourth-order valence-corrected chi connectivity index (χ4v) is 2.66. The van der Waals surface area contributed by atoms with Crippen LogP contribution < -0.4 is 5.32 Å². The molecule has 1 aliphatic carbocycles. The van der Waals surface area contributed by atoms with E-state index < -0.39 is 0 Å². The van der Waals surface area contributed by atoms with Crippen molar-refractivity contribution in [3.8, 4) is 0 Å². The maximum Gasteiger partial charge on any atom is 0.256 e. The fraction of sp³-hybridized carbons (Fsp3) is 0.588. The van der Waals surface area contributed by atoms with Gasteiger partial charge < -0.3 is 15.3 Å². The number of carbonyl (C=O) groups is 1. The fourth-order valence-electron chi connectivity index (χ4n) is 2.66. The molecule has 2 rings (SSSR count). The standard InChI is InChI=1S/C17H26N2O2/c1-3-9-18-16-12-13(2)7-8-15(16)17(21)19(10-11-20)14-5-4-6-14/h7-8,12,14,18,20H,3-6,9-11H2,1-2H3. The molecule has 1 aromatic rings. The second kappa shape index (κ2) is 7.46. The van der Waals surface area contributed by atoms with Crippen LogP contribution in [0.2, 0.25) is 0 Å². The van der Waals surface area contributed by atoms with Crippen molar-refractivity contribution in [2.75, 3.05) is 25.0 Å². The first-order valence-corrected chi connectivity index (χ1v) is 7.93. The molecule has 0 unspecified atom stereocenters. The van der Waals surface area contributed by atoms with Gasteiger partial charge in [0.05, 0.1) is 12.2 Å². The van der Waals surface area contributed by atoms with Crippen molar-refractivity contribution < 1.29 is 9.90 Å². The highest BCUT2D eigenvalue weighted by atomic mass is 16.3. The van der Waals surface area contributed by atoms with Crippen LogP contribution in [0, 0.1) is 6.92 Å². The summed E-state index contributed by atoms with van der Waals surface area (Å²) in [6.45, 7) is 5.43. The molecule has 0 saturated heterocycles. The number of rotatable bonds is 7. The van der Waals surface area contributed by atoms with Gasteiger partial charge >= 0.3 is 0 Å². The Hall–Kier alpha value is -1.55. The lowest BCUT2D eigenvalue weighted by Crippen LogP contribution is -2.45. The number of benzene rings is 1. The second-order valence-corrected chi connectivity index (χ2v) is 5.78. The SMILES string of the molecule is CCCNc1cc(C)ccc1C(=O)N(CCO)C1CCC1. The maximum atomic E-state index is 12.8. The predicted molar refractivity (Wildman–Crippen MR) is 85.7 cm³/mol. The Bertz CT molecular complexity index is 484. The molecule has 0 atom stereocenters. The third-order valence-electron chi connectivity index (χ3n) is 4.09. The summed E-state index contributed by atoms with van der Waals surface area (Å²) >= 11 is 0. The first kappa shape index (κ1) is 15.8. The summed E-state index contributed by atoms with van der Waals surface area (Å²) in [5, 5.41) is 12.6. The van der Waals surface area contributed by atoms with Crippen LogP contribution in [0.5, 0.6) is 0 Å². The molecule has 0 aliphatic heterocycles. The smallest absolute Gasteiger partial charge is 0.256 e. The zero-order chi connectivity index (χ0) is 15.2. The van der Waals surface area contributed by atoms with E-state index in [4.69, 9.17) is 0 Å². The molecular formula is C17H26N2O2. The van der Waals surface area contributed by atoms with E-state index in [0.717, 1.165) is 42.6 Å². The summed E-state index contributed by atoms with van der Waals surface area (Å²) < 4.78 is 0. The molecule has 4 nitrogen and oxygen atoms in total. The molecular weight excluding hydrogens is 264 g/mol. The minimum absolute atomic E-state index is 0.0197. The average Bonchev–Trinajstić information content (AvgIpc) is 2.42. The van der Waals surface area contributed by atoms with Crippen LogP contribution in [-0.4, -0.2) is 41.7 Å². The normalized spacial score (nSPS) is 14.6. The van der Waals surface area contributed by atoms with Crippen LogP contribution >= 0.6 is 0 Å². The number of anilines is 1. The molecule has 1 fully saturated rings. The van der Waals surface area contributed by atoms with E-state index in [0.29, 0.717) is 12.6 Å². The Morgan fingerprint density at radius 2 is 2.19 bits per heavy atom. The van der Waals surface area contributed by atoms with E-state index in [-0.39, 0.29) is 12.5 Å². The summed E-state index contributed by atoms with van der Waals surface area (Å²) in [5.74, 6) is 0.0346. The van der Waals surface area contributed by atoms with Gasteiger partial charge in [-0.3, -0.25) is 4.79 Å². The van der Waals surface area contributed by atoms with Gasteiger partial charge in [-0.25, -0.2) is 0 Å². The van der Waals surface area contributed by atoms with E-state index in [1.54, 1.807) is 0 Å². The van der Waals surface area contributed by atoms with Crippen LogP contribution in [0.15, 0.2) is 18.2 Å². The summed E-state index contributed by atoms with van der Waals surface area (Å²) in [6.07, 6.45) is 4.30. The highest BCUT2D eigenvalue weighted by Crippen LogP contribution is 2.28. The van der Waals surface area contributed by atoms with Gasteiger partial charge in [0.1, 0.15) is 0 Å². The Morgan fingerprint density at radius 3 is 2.76 bits per heavy atom. The number of nitrogens with one attached hydrogen (secondary N) is 1. The van der Waals surface area contributed by atoms with Gasteiger partial charge in [-0.15, -0.1) is 0 Å². The number of carbonyl (C=O) groups excluding carboxylic acids is 1. The van der Waals surface area contributed by atoms with Crippen molar-refractivity contribution in [2.24, 2.45) is 0 Å². The molecule has 1 aromatic carbocycles. The molecule has 1 aliphatic rings. The van der Waals surface area contributed by atoms with Gasteiger partial charge in [-0.05, 0) is 50.3 Å². The van der Waals surface area contributed by atoms with Crippen LogP contribution in [-0.2, 0) is 0 Å². The van der Waals surface area contributed by atoms with Crippen molar-refractivity contribution in [3.05, 3.63) is 29.3 Å². The lowest BCUT2D eigenvalue weighted by molar-refractivity contribution is 0.0527. The number of hydrogen-bond acceptors (Lipinski definition) is 3. The molecule has 1 amide bonds. The quantitative estimate of drug-likeness (QED) is 0.812. The third kappa shape index (κ3) is 3.76. The number of nitrogens with zero attached hydrogens (tertiary/aromatic N) is 1. The van der Waals surface area contributed by atoms with Crippen molar-refractivity contribution in [3.63, 3.8) is 0 Å². The Balaban J connectivity index is 2.23. The van der Waals surface area contributed by atoms with Crippen molar-refractivity contribution in [2.45, 2.75) is 45.6 Å². The van der Waals surface area contributed by atoms with Gasteiger partial charge in [-0.1, -0.05) is 13.0 Å². The first-order valence-electron chi connectivity index (χ1n) is 7.93. The van der Waals surface area contributed by atoms with E-state index >= 15 is 0 Å². The highest BCUT2D eigenvalue weighted by molar-refractivity contribution is 6.00. The van der Waals surface area contributed by atoms with Gasteiger partial charge in [0.25, 0.3) is 5.91 Å². The third-order valence-corrected chi connectivity index (χ3v) is 4.09. The Labute approximate surface area is 127 Å². The number of amides is 1. The molecule has 0 aromatic heterocycles. The van der Waals surface area contributed by atoms with Crippen molar-refractivity contribution in [1.29, 1.82) is 0 Å². The second-order valence-electron chi connectivity index (χ2n) is 5.78. The number of aliphatic hydroxyl groups is 1. The Morgan fingerprint density at radius 1 is 1.43 bits per heavy atom. The summed E-state index contributed by atoms with van der Waals surface area (Å²) in [7, 11) is 0. The van der Waals surface area contributed by atoms with Gasteiger partial charge in [-0.2, -0.15) is 0 Å². The van der Waals surface area contributed by atoms with Gasteiger partial charge in [0.2, 0.25) is 0 Å². The van der Waals surface area contributed by atoms with E-state index in [1.807, 2.05) is 30.0 Å². The minimum Gasteiger partial charge on any atom is -0.395 e. The molecule has 0 radical (unpaired) electrons. The molecule has 21 heavy (non-hydrogen) atoms. The van der Waals surface area contributed by atoms with Crippen molar-refractivity contribution in [1.82, 2.24) is 4.90 Å². The van der Waals surface area contributed by atoms with Crippen LogP contribution in [0.1, 0.15) is 48.5 Å². The molecule has 0 bridgehead atoms. The molecule has 4 heteroatoms. The van der Waals surface area contributed by atoms with E-state index in [9.17, 15) is 9.90 Å². The molecule has 2 N–H and O–H groups in total. The summed E-state index contributed by atoms with van der Waals surface area (Å²) in [4.78, 5) is 14.7. The van der Waals surface area contributed by atoms with Crippen molar-refractivity contribution >= 4 is 11.6 Å². The zero-order valence-electron chi connectivity index (χ0n) is 13.1. The molecule has 0 spiro atoms. The molecule has 116 valence electrons. The Kier molecular flexibility index (Phi) is 5.62. The summed E-state index contributed by atoms with van der Waals surface area (Å²) in [6, 6.07) is 6.20. The first-order chi connectivity index (χ1) is 10.2. The monoisotopic (exact) mass is 290 g/mol. The lowest BCUT2D eigenvalue weighted by Gasteiger charge is -2.37. The minimum atomic E-state index is 0.0197. The predicted octanol–water partition coefficient (Wildman–Crippen LogP) is 2.80. The molecule has 1 saturated carbocycles. The van der Waals surface area contributed by atoms with Gasteiger partial charge in [0, 0.05) is 24.8 Å². The zero-order valence-corrected chi connectivity index (χ0v) is 13.1. The van der Waals surface area contributed by atoms with E-state index in [1.165, 1.54) is 6.42 Å². The van der Waals surface area contributed by atoms with Crippen LogP contribution in [0.3, 0.4) is 0 Å². The van der Waals surface area contributed by atoms with Crippen LogP contribution in [0.25, 0.3) is 0 Å². The number of hydrogen-bond donors (Lipinski definition) is 2. The molecule has 0 heterocycles. The number of aryl methyl sites for hydroxylation is 1. The highest BCUT2D eigenvalue weighted by Gasteiger charge is 2.29. The largest absolute Gasteiger partial charge is 0.395 e. The average molecular weight is 290 g/mol. The lowest BCUT2D eigenvalue weighted by atomic mass is 9.90. The maximum absolute atomic E-state index is 12.8. The van der Waals surface area contributed by atoms with Gasteiger partial charge in [0.15, 0.2) is 0 Å². The van der Waals surface area contributed by atoms with E-state index in [2.05, 4.69) is 12.2 Å². The topological polar surface area (TPSA) is 52.6 Å². The number of aliphatic hydroxyl groups excluding tert-OH is 1.